The molecule has 0 bridgehead atoms. The van der Waals surface area contributed by atoms with Crippen molar-refractivity contribution < 1.29 is 0 Å². The van der Waals surface area contributed by atoms with Crippen LogP contribution in [-0.4, -0.2) is 11.5 Å². The molecule has 19 heavy (non-hydrogen) atoms. The van der Waals surface area contributed by atoms with E-state index in [1.165, 1.54) is 21.0 Å². The lowest BCUT2D eigenvalue weighted by molar-refractivity contribution is 0.554. The molecular formula is C16H22N2S. The Balaban J connectivity index is 1.90. The van der Waals surface area contributed by atoms with Crippen molar-refractivity contribution in [1.29, 1.82) is 0 Å². The highest BCUT2D eigenvalue weighted by molar-refractivity contribution is 7.11. The molecule has 1 heterocycles. The smallest absolute Gasteiger partial charge is 0.0972 e. The summed E-state index contributed by atoms with van der Waals surface area (Å²) in [5.41, 5.74) is 2.66. The van der Waals surface area contributed by atoms with Gasteiger partial charge in [0, 0.05) is 24.0 Å². The van der Waals surface area contributed by atoms with Gasteiger partial charge in [0.15, 0.2) is 0 Å². The van der Waals surface area contributed by atoms with Crippen molar-refractivity contribution in [2.75, 3.05) is 6.54 Å². The van der Waals surface area contributed by atoms with Gasteiger partial charge >= 0.3 is 0 Å². The summed E-state index contributed by atoms with van der Waals surface area (Å²) in [6, 6.07) is 8.65. The van der Waals surface area contributed by atoms with Gasteiger partial charge < -0.3 is 5.32 Å². The number of nitrogens with zero attached hydrogens (tertiary/aromatic N) is 1. The van der Waals surface area contributed by atoms with Crippen molar-refractivity contribution in [3.05, 3.63) is 51.5 Å². The lowest BCUT2D eigenvalue weighted by Crippen LogP contribution is -2.18. The van der Waals surface area contributed by atoms with Crippen LogP contribution >= 0.6 is 11.3 Å². The zero-order chi connectivity index (χ0) is 13.7. The molecule has 0 saturated carbocycles. The summed E-state index contributed by atoms with van der Waals surface area (Å²) in [6.07, 6.45) is 2.94. The van der Waals surface area contributed by atoms with Gasteiger partial charge in [-0.05, 0) is 24.9 Å². The molecule has 0 aliphatic rings. The van der Waals surface area contributed by atoms with E-state index < -0.39 is 0 Å². The van der Waals surface area contributed by atoms with Gasteiger partial charge in [-0.3, -0.25) is 0 Å². The molecule has 102 valence electrons. The topological polar surface area (TPSA) is 24.9 Å². The van der Waals surface area contributed by atoms with Crippen LogP contribution in [0.15, 0.2) is 30.5 Å². The second-order valence-electron chi connectivity index (χ2n) is 5.41. The first-order valence-corrected chi connectivity index (χ1v) is 7.65. The lowest BCUT2D eigenvalue weighted by Gasteiger charge is -2.04. The molecule has 0 fully saturated rings. The molecule has 0 aliphatic heterocycles. The number of nitrogens with one attached hydrogen (secondary N) is 1. The summed E-state index contributed by atoms with van der Waals surface area (Å²) in [4.78, 5) is 5.84. The van der Waals surface area contributed by atoms with E-state index in [1.807, 2.05) is 17.5 Å². The maximum atomic E-state index is 4.52. The molecule has 3 heteroatoms. The molecular weight excluding hydrogens is 252 g/mol. The number of aromatic nitrogens is 1. The summed E-state index contributed by atoms with van der Waals surface area (Å²) < 4.78 is 0. The number of thiazole rings is 1. The normalized spacial score (nSPS) is 11.2. The zero-order valence-corrected chi connectivity index (χ0v) is 12.8. The van der Waals surface area contributed by atoms with Crippen LogP contribution in [0.2, 0.25) is 0 Å². The highest BCUT2D eigenvalue weighted by Gasteiger charge is 2.04. The van der Waals surface area contributed by atoms with Crippen molar-refractivity contribution in [2.24, 2.45) is 5.92 Å². The molecule has 0 amide bonds. The number of hydrogen-bond acceptors (Lipinski definition) is 3. The second-order valence-corrected chi connectivity index (χ2v) is 6.61. The van der Waals surface area contributed by atoms with Crippen molar-refractivity contribution in [3.63, 3.8) is 0 Å². The molecule has 2 aromatic rings. The Labute approximate surface area is 119 Å². The standard InChI is InChI=1S/C16H22N2S/c1-12(2)9-17-10-15-11-18-16(19-15)8-14-6-4-5-13(3)7-14/h4-7,11-12,17H,8-10H2,1-3H3. The number of aryl methyl sites for hydroxylation is 1. The Morgan fingerprint density at radius 1 is 1.32 bits per heavy atom. The average Bonchev–Trinajstić information content (AvgIpc) is 2.76. The van der Waals surface area contributed by atoms with Crippen LogP contribution in [0.25, 0.3) is 0 Å². The van der Waals surface area contributed by atoms with Gasteiger partial charge in [-0.2, -0.15) is 0 Å². The third-order valence-electron chi connectivity index (χ3n) is 2.89. The van der Waals surface area contributed by atoms with Crippen molar-refractivity contribution in [2.45, 2.75) is 33.7 Å². The van der Waals surface area contributed by atoms with E-state index in [2.05, 4.69) is 55.3 Å². The van der Waals surface area contributed by atoms with Gasteiger partial charge in [0.2, 0.25) is 0 Å². The number of rotatable bonds is 6. The fourth-order valence-corrected chi connectivity index (χ4v) is 2.92. The molecule has 0 radical (unpaired) electrons. The number of hydrogen-bond donors (Lipinski definition) is 1. The Kier molecular flexibility index (Phi) is 5.11. The van der Waals surface area contributed by atoms with E-state index in [4.69, 9.17) is 0 Å². The minimum Gasteiger partial charge on any atom is -0.312 e. The van der Waals surface area contributed by atoms with Gasteiger partial charge in [-0.25, -0.2) is 4.98 Å². The van der Waals surface area contributed by atoms with Crippen molar-refractivity contribution in [3.8, 4) is 0 Å². The first-order chi connectivity index (χ1) is 9.13. The fraction of sp³-hybridized carbons (Fsp3) is 0.438. The van der Waals surface area contributed by atoms with E-state index in [0.29, 0.717) is 5.92 Å². The minimum atomic E-state index is 0.694. The third kappa shape index (κ3) is 4.77. The van der Waals surface area contributed by atoms with E-state index >= 15 is 0 Å². The summed E-state index contributed by atoms with van der Waals surface area (Å²) in [5.74, 6) is 0.694. The average molecular weight is 274 g/mol. The Morgan fingerprint density at radius 2 is 2.16 bits per heavy atom. The lowest BCUT2D eigenvalue weighted by atomic mass is 10.1. The van der Waals surface area contributed by atoms with Crippen LogP contribution in [0.3, 0.4) is 0 Å². The highest BCUT2D eigenvalue weighted by atomic mass is 32.1. The predicted octanol–water partition coefficient (Wildman–Crippen LogP) is 3.79. The molecule has 0 saturated heterocycles. The first kappa shape index (κ1) is 14.2. The van der Waals surface area contributed by atoms with E-state index in [0.717, 1.165) is 19.5 Å². The fourth-order valence-electron chi connectivity index (χ4n) is 1.99. The Morgan fingerprint density at radius 3 is 2.89 bits per heavy atom. The minimum absolute atomic E-state index is 0.694. The molecule has 2 rings (SSSR count). The van der Waals surface area contributed by atoms with Crippen LogP contribution in [0, 0.1) is 12.8 Å². The van der Waals surface area contributed by atoms with Crippen LogP contribution in [-0.2, 0) is 13.0 Å². The predicted molar refractivity (Wildman–Crippen MR) is 82.6 cm³/mol. The summed E-state index contributed by atoms with van der Waals surface area (Å²) in [5, 5.41) is 4.66. The first-order valence-electron chi connectivity index (χ1n) is 6.83. The van der Waals surface area contributed by atoms with Crippen LogP contribution in [0.1, 0.15) is 34.9 Å². The summed E-state index contributed by atoms with van der Waals surface area (Å²) in [7, 11) is 0. The monoisotopic (exact) mass is 274 g/mol. The van der Waals surface area contributed by atoms with Crippen molar-refractivity contribution >= 4 is 11.3 Å². The SMILES string of the molecule is Cc1cccc(Cc2ncc(CNCC(C)C)s2)c1. The van der Waals surface area contributed by atoms with Crippen LogP contribution < -0.4 is 5.32 Å². The number of benzene rings is 1. The van der Waals surface area contributed by atoms with E-state index in [9.17, 15) is 0 Å². The molecule has 1 N–H and O–H groups in total. The molecule has 0 spiro atoms. The third-order valence-corrected chi connectivity index (χ3v) is 3.89. The van der Waals surface area contributed by atoms with Gasteiger partial charge in [0.25, 0.3) is 0 Å². The van der Waals surface area contributed by atoms with Gasteiger partial charge in [-0.15, -0.1) is 11.3 Å². The molecule has 0 aliphatic carbocycles. The van der Waals surface area contributed by atoms with E-state index in [1.54, 1.807) is 0 Å². The maximum Gasteiger partial charge on any atom is 0.0972 e. The van der Waals surface area contributed by atoms with Gasteiger partial charge in [0.05, 0.1) is 5.01 Å². The Bertz CT molecular complexity index is 517. The summed E-state index contributed by atoms with van der Waals surface area (Å²) >= 11 is 1.81. The molecule has 0 unspecified atom stereocenters. The second kappa shape index (κ2) is 6.83. The summed E-state index contributed by atoms with van der Waals surface area (Å²) in [6.45, 7) is 8.58. The largest absolute Gasteiger partial charge is 0.312 e. The quantitative estimate of drug-likeness (QED) is 0.867. The zero-order valence-electron chi connectivity index (χ0n) is 11.9. The molecule has 1 aromatic carbocycles. The molecule has 2 nitrogen and oxygen atoms in total. The van der Waals surface area contributed by atoms with Crippen molar-refractivity contribution in [1.82, 2.24) is 10.3 Å². The van der Waals surface area contributed by atoms with Gasteiger partial charge in [0.1, 0.15) is 0 Å². The van der Waals surface area contributed by atoms with Gasteiger partial charge in [-0.1, -0.05) is 43.7 Å². The Hall–Kier alpha value is -1.19. The van der Waals surface area contributed by atoms with Crippen LogP contribution in [0.4, 0.5) is 0 Å². The molecule has 0 atom stereocenters. The molecule has 1 aromatic heterocycles. The van der Waals surface area contributed by atoms with E-state index in [-0.39, 0.29) is 0 Å². The maximum absolute atomic E-state index is 4.52. The van der Waals surface area contributed by atoms with Crippen LogP contribution in [0.5, 0.6) is 0 Å². The highest BCUT2D eigenvalue weighted by Crippen LogP contribution is 2.17.